The predicted octanol–water partition coefficient (Wildman–Crippen LogP) is 2.34. The molecule has 1 rings (SSSR count). The topological polar surface area (TPSA) is 49.8 Å². The van der Waals surface area contributed by atoms with Crippen LogP contribution in [0.1, 0.15) is 19.8 Å². The van der Waals surface area contributed by atoms with Crippen LogP contribution in [-0.2, 0) is 4.79 Å². The second-order valence-corrected chi connectivity index (χ2v) is 4.49. The lowest BCUT2D eigenvalue weighted by molar-refractivity contribution is -0.131. The zero-order valence-corrected chi connectivity index (χ0v) is 11.9. The minimum absolute atomic E-state index is 0.0306. The Hall–Kier alpha value is -1.26. The summed E-state index contributed by atoms with van der Waals surface area (Å²) < 4.78 is 5.48. The van der Waals surface area contributed by atoms with Gasteiger partial charge in [0.25, 0.3) is 0 Å². The molecular formula is C14H20ClNO3. The molecule has 0 fully saturated rings. The van der Waals surface area contributed by atoms with E-state index in [1.165, 1.54) is 0 Å². The third kappa shape index (κ3) is 5.49. The van der Waals surface area contributed by atoms with Gasteiger partial charge in [-0.3, -0.25) is 4.79 Å². The maximum atomic E-state index is 11.9. The molecule has 0 aliphatic heterocycles. The first kappa shape index (κ1) is 15.8. The van der Waals surface area contributed by atoms with Crippen LogP contribution in [0.4, 0.5) is 0 Å². The van der Waals surface area contributed by atoms with E-state index in [1.807, 2.05) is 19.1 Å². The standard InChI is InChI=1S/C14H20ClNO3/c1-2-16(9-5-10-17)14(18)8-11-19-13-7-4-3-6-12(13)15/h3-4,6-7,17H,2,5,8-11H2,1H3. The molecule has 0 aliphatic rings. The molecule has 0 atom stereocenters. The Morgan fingerprint density at radius 3 is 2.79 bits per heavy atom. The van der Waals surface area contributed by atoms with Crippen molar-refractivity contribution >= 4 is 17.5 Å². The molecule has 0 aromatic heterocycles. The van der Waals surface area contributed by atoms with Gasteiger partial charge >= 0.3 is 0 Å². The highest BCUT2D eigenvalue weighted by Gasteiger charge is 2.11. The second-order valence-electron chi connectivity index (χ2n) is 4.08. The largest absolute Gasteiger partial charge is 0.491 e. The number of hydrogen-bond donors (Lipinski definition) is 1. The summed E-state index contributed by atoms with van der Waals surface area (Å²) in [7, 11) is 0. The van der Waals surface area contributed by atoms with Crippen molar-refractivity contribution in [3.63, 3.8) is 0 Å². The van der Waals surface area contributed by atoms with Gasteiger partial charge in [0.15, 0.2) is 0 Å². The van der Waals surface area contributed by atoms with Crippen molar-refractivity contribution in [2.45, 2.75) is 19.8 Å². The summed E-state index contributed by atoms with van der Waals surface area (Å²) in [5.74, 6) is 0.623. The molecule has 0 bridgehead atoms. The second kappa shape index (κ2) is 8.77. The maximum Gasteiger partial charge on any atom is 0.225 e. The number of aliphatic hydroxyl groups excluding tert-OH is 1. The number of rotatable bonds is 8. The number of benzene rings is 1. The monoisotopic (exact) mass is 285 g/mol. The molecule has 0 saturated carbocycles. The van der Waals surface area contributed by atoms with Crippen molar-refractivity contribution in [1.82, 2.24) is 4.90 Å². The summed E-state index contributed by atoms with van der Waals surface area (Å²) in [6, 6.07) is 7.19. The van der Waals surface area contributed by atoms with Crippen LogP contribution in [0.25, 0.3) is 0 Å². The lowest BCUT2D eigenvalue weighted by Crippen LogP contribution is -2.33. The summed E-state index contributed by atoms with van der Waals surface area (Å²) in [5.41, 5.74) is 0. The first-order valence-corrected chi connectivity index (χ1v) is 6.82. The number of carbonyl (C=O) groups excluding carboxylic acids is 1. The van der Waals surface area contributed by atoms with Crippen LogP contribution in [0.5, 0.6) is 5.75 Å². The number of hydrogen-bond acceptors (Lipinski definition) is 3. The Kier molecular flexibility index (Phi) is 7.30. The van der Waals surface area contributed by atoms with E-state index >= 15 is 0 Å². The van der Waals surface area contributed by atoms with Crippen LogP contribution in [0.3, 0.4) is 0 Å². The zero-order chi connectivity index (χ0) is 14.1. The highest BCUT2D eigenvalue weighted by molar-refractivity contribution is 6.32. The van der Waals surface area contributed by atoms with Gasteiger partial charge in [-0.05, 0) is 25.5 Å². The average Bonchev–Trinajstić information content (AvgIpc) is 2.42. The molecule has 1 aromatic carbocycles. The molecule has 0 spiro atoms. The smallest absolute Gasteiger partial charge is 0.225 e. The quantitative estimate of drug-likeness (QED) is 0.797. The van der Waals surface area contributed by atoms with E-state index in [1.54, 1.807) is 17.0 Å². The van der Waals surface area contributed by atoms with Crippen molar-refractivity contribution in [2.75, 3.05) is 26.3 Å². The molecule has 5 heteroatoms. The van der Waals surface area contributed by atoms with Crippen molar-refractivity contribution in [2.24, 2.45) is 0 Å². The Balaban J connectivity index is 2.35. The van der Waals surface area contributed by atoms with Crippen LogP contribution >= 0.6 is 11.6 Å². The van der Waals surface area contributed by atoms with Gasteiger partial charge in [0.2, 0.25) is 5.91 Å². The number of nitrogens with zero attached hydrogens (tertiary/aromatic N) is 1. The SMILES string of the molecule is CCN(CCCO)C(=O)CCOc1ccccc1Cl. The molecule has 1 aromatic rings. The molecule has 4 nitrogen and oxygen atoms in total. The summed E-state index contributed by atoms with van der Waals surface area (Å²) in [6.45, 7) is 3.55. The van der Waals surface area contributed by atoms with Gasteiger partial charge in [-0.15, -0.1) is 0 Å². The normalized spacial score (nSPS) is 10.3. The molecule has 0 saturated heterocycles. The fourth-order valence-corrected chi connectivity index (χ4v) is 1.88. The Morgan fingerprint density at radius 2 is 2.16 bits per heavy atom. The van der Waals surface area contributed by atoms with Crippen molar-refractivity contribution < 1.29 is 14.6 Å². The number of carbonyl (C=O) groups is 1. The Labute approximate surface area is 118 Å². The summed E-state index contributed by atoms with van der Waals surface area (Å²) in [4.78, 5) is 13.6. The van der Waals surface area contributed by atoms with E-state index in [9.17, 15) is 4.79 Å². The molecule has 1 N–H and O–H groups in total. The average molecular weight is 286 g/mol. The third-order valence-electron chi connectivity index (χ3n) is 2.73. The number of halogens is 1. The van der Waals surface area contributed by atoms with Crippen LogP contribution in [-0.4, -0.2) is 42.2 Å². The highest BCUT2D eigenvalue weighted by Crippen LogP contribution is 2.23. The van der Waals surface area contributed by atoms with Crippen LogP contribution < -0.4 is 4.74 Å². The van der Waals surface area contributed by atoms with E-state index in [-0.39, 0.29) is 12.5 Å². The van der Waals surface area contributed by atoms with Gasteiger partial charge in [0.1, 0.15) is 5.75 Å². The van der Waals surface area contributed by atoms with E-state index < -0.39 is 0 Å². The molecule has 106 valence electrons. The zero-order valence-electron chi connectivity index (χ0n) is 11.1. The van der Waals surface area contributed by atoms with Crippen molar-refractivity contribution in [3.05, 3.63) is 29.3 Å². The number of para-hydroxylation sites is 1. The number of ether oxygens (including phenoxy) is 1. The molecule has 19 heavy (non-hydrogen) atoms. The first-order chi connectivity index (χ1) is 9.19. The number of aliphatic hydroxyl groups is 1. The number of amides is 1. The van der Waals surface area contributed by atoms with Gasteiger partial charge in [0.05, 0.1) is 18.1 Å². The summed E-state index contributed by atoms with van der Waals surface area (Å²) in [6.07, 6.45) is 0.912. The van der Waals surface area contributed by atoms with E-state index in [0.29, 0.717) is 43.3 Å². The predicted molar refractivity (Wildman–Crippen MR) is 75.5 cm³/mol. The minimum Gasteiger partial charge on any atom is -0.491 e. The third-order valence-corrected chi connectivity index (χ3v) is 3.04. The summed E-state index contributed by atoms with van der Waals surface area (Å²) in [5, 5.41) is 9.31. The molecule has 0 unspecified atom stereocenters. The fraction of sp³-hybridized carbons (Fsp3) is 0.500. The lowest BCUT2D eigenvalue weighted by atomic mass is 10.3. The molecule has 0 aliphatic carbocycles. The van der Waals surface area contributed by atoms with Crippen LogP contribution in [0.15, 0.2) is 24.3 Å². The molecular weight excluding hydrogens is 266 g/mol. The van der Waals surface area contributed by atoms with Crippen molar-refractivity contribution in [1.29, 1.82) is 0 Å². The Morgan fingerprint density at radius 1 is 1.42 bits per heavy atom. The molecule has 0 heterocycles. The van der Waals surface area contributed by atoms with Gasteiger partial charge in [-0.1, -0.05) is 23.7 Å². The van der Waals surface area contributed by atoms with Crippen LogP contribution in [0, 0.1) is 0 Å². The lowest BCUT2D eigenvalue weighted by Gasteiger charge is -2.20. The maximum absolute atomic E-state index is 11.9. The van der Waals surface area contributed by atoms with Crippen LogP contribution in [0.2, 0.25) is 5.02 Å². The van der Waals surface area contributed by atoms with Crippen molar-refractivity contribution in [3.8, 4) is 5.75 Å². The molecule has 0 radical (unpaired) electrons. The van der Waals surface area contributed by atoms with E-state index in [0.717, 1.165) is 0 Å². The first-order valence-electron chi connectivity index (χ1n) is 6.45. The van der Waals surface area contributed by atoms with Gasteiger partial charge in [-0.2, -0.15) is 0 Å². The highest BCUT2D eigenvalue weighted by atomic mass is 35.5. The van der Waals surface area contributed by atoms with Gasteiger partial charge in [-0.25, -0.2) is 0 Å². The Bertz CT molecular complexity index is 398. The van der Waals surface area contributed by atoms with E-state index in [4.69, 9.17) is 21.4 Å². The summed E-state index contributed by atoms with van der Waals surface area (Å²) >= 11 is 5.95. The fourth-order valence-electron chi connectivity index (χ4n) is 1.69. The molecule has 1 amide bonds. The van der Waals surface area contributed by atoms with Gasteiger partial charge < -0.3 is 14.7 Å². The minimum atomic E-state index is 0.0306. The van der Waals surface area contributed by atoms with E-state index in [2.05, 4.69) is 0 Å². The van der Waals surface area contributed by atoms with Gasteiger partial charge in [0, 0.05) is 19.7 Å².